The lowest BCUT2D eigenvalue weighted by atomic mass is 9.96. The van der Waals surface area contributed by atoms with Gasteiger partial charge in [0.1, 0.15) is 18.2 Å². The zero-order valence-electron chi connectivity index (χ0n) is 24.3. The van der Waals surface area contributed by atoms with Gasteiger partial charge in [-0.25, -0.2) is 18.1 Å². The molecule has 0 aliphatic carbocycles. The molecule has 4 aromatic rings. The van der Waals surface area contributed by atoms with Crippen molar-refractivity contribution in [2.45, 2.75) is 44.0 Å². The number of sulfonamides is 1. The maximum Gasteiger partial charge on any atom is 0.241 e. The lowest BCUT2D eigenvalue weighted by molar-refractivity contribution is 0.238. The Bertz CT molecular complexity index is 1590. The van der Waals surface area contributed by atoms with Crippen molar-refractivity contribution in [2.24, 2.45) is 0 Å². The van der Waals surface area contributed by atoms with Crippen LogP contribution in [0.1, 0.15) is 37.8 Å². The molecular weight excluding hydrogens is 548 g/mol. The summed E-state index contributed by atoms with van der Waals surface area (Å²) in [5.74, 6) is 1.81. The second-order valence-electron chi connectivity index (χ2n) is 11.0. The smallest absolute Gasteiger partial charge is 0.241 e. The van der Waals surface area contributed by atoms with Crippen LogP contribution in [-0.2, 0) is 15.6 Å². The fourth-order valence-electron chi connectivity index (χ4n) is 4.88. The molecule has 0 atom stereocenters. The fourth-order valence-corrected chi connectivity index (χ4v) is 6.32. The number of nitrogens with one attached hydrogen (secondary N) is 3. The maximum absolute atomic E-state index is 13.3. The first-order valence-corrected chi connectivity index (χ1v) is 15.7. The summed E-state index contributed by atoms with van der Waals surface area (Å²) in [6, 6.07) is 23.9. The van der Waals surface area contributed by atoms with Crippen LogP contribution in [-0.4, -0.2) is 49.5 Å². The van der Waals surface area contributed by atoms with Crippen molar-refractivity contribution in [3.8, 4) is 5.75 Å². The quantitative estimate of drug-likeness (QED) is 0.187. The molecule has 0 spiro atoms. The summed E-state index contributed by atoms with van der Waals surface area (Å²) in [4.78, 5) is 11.6. The highest BCUT2D eigenvalue weighted by Crippen LogP contribution is 2.26. The predicted molar refractivity (Wildman–Crippen MR) is 167 cm³/mol. The fraction of sp³-hybridized carbons (Fsp3) is 0.312. The van der Waals surface area contributed by atoms with E-state index in [2.05, 4.69) is 30.2 Å². The van der Waals surface area contributed by atoms with E-state index in [1.807, 2.05) is 75.4 Å². The van der Waals surface area contributed by atoms with E-state index >= 15 is 0 Å². The number of hydrogen-bond acceptors (Lipinski definition) is 8. The third-order valence-electron chi connectivity index (χ3n) is 7.25. The van der Waals surface area contributed by atoms with Crippen molar-refractivity contribution in [3.63, 3.8) is 0 Å². The number of nitrogens with zero attached hydrogens (tertiary/aromatic N) is 3. The lowest BCUT2D eigenvalue weighted by Crippen LogP contribution is -2.40. The average Bonchev–Trinajstić information content (AvgIpc) is 3.50. The van der Waals surface area contributed by atoms with Gasteiger partial charge in [0.25, 0.3) is 0 Å². The van der Waals surface area contributed by atoms with Crippen LogP contribution in [0.15, 0.2) is 90.0 Å². The molecule has 3 N–H and O–H groups in total. The molecule has 220 valence electrons. The molecule has 0 unspecified atom stereocenters. The number of aromatic nitrogens is 2. The number of likely N-dealkylation sites (tertiary alicyclic amines) is 1. The first kappa shape index (κ1) is 29.5. The van der Waals surface area contributed by atoms with Gasteiger partial charge in [0, 0.05) is 29.7 Å². The minimum Gasteiger partial charge on any atom is -0.492 e. The van der Waals surface area contributed by atoms with Gasteiger partial charge < -0.3 is 15.4 Å². The minimum atomic E-state index is -3.80. The topological polar surface area (TPSA) is 108 Å². The third kappa shape index (κ3) is 7.64. The van der Waals surface area contributed by atoms with Crippen molar-refractivity contribution in [1.29, 1.82) is 0 Å². The Balaban J connectivity index is 1.23. The van der Waals surface area contributed by atoms with Gasteiger partial charge in [-0.1, -0.05) is 36.4 Å². The average molecular weight is 587 g/mol. The Morgan fingerprint density at radius 1 is 0.905 bits per heavy atom. The van der Waals surface area contributed by atoms with Gasteiger partial charge in [-0.05, 0) is 94.7 Å². The largest absolute Gasteiger partial charge is 0.492 e. The van der Waals surface area contributed by atoms with Crippen molar-refractivity contribution < 1.29 is 13.2 Å². The number of anilines is 4. The van der Waals surface area contributed by atoms with E-state index in [1.54, 1.807) is 30.5 Å². The van der Waals surface area contributed by atoms with E-state index in [0.717, 1.165) is 42.2 Å². The molecule has 1 fully saturated rings. The van der Waals surface area contributed by atoms with Crippen LogP contribution in [0.2, 0.25) is 0 Å². The van der Waals surface area contributed by atoms with Crippen LogP contribution in [0.4, 0.5) is 23.1 Å². The Morgan fingerprint density at radius 3 is 2.38 bits per heavy atom. The van der Waals surface area contributed by atoms with Gasteiger partial charge in [-0.3, -0.25) is 4.90 Å². The van der Waals surface area contributed by atoms with Gasteiger partial charge in [0.05, 0.1) is 10.4 Å². The number of hydrogen-bond donors (Lipinski definition) is 3. The maximum atomic E-state index is 13.3. The summed E-state index contributed by atoms with van der Waals surface area (Å²) < 4.78 is 35.3. The molecule has 2 heterocycles. The standard InChI is InChI=1S/C32H38N6O3S/c1-24-23-33-31(35-26-14-16-28(17-15-26)41-21-20-38-18-7-8-19-38)36-30(24)34-27-12-9-13-29(22-27)42(39,40)37-32(2,3)25-10-5-4-6-11-25/h4-6,9-17,22-23,37H,7-8,18-21H2,1-3H3,(H2,33,34,35,36). The first-order chi connectivity index (χ1) is 20.2. The number of rotatable bonds is 12. The number of aryl methyl sites for hydroxylation is 1. The van der Waals surface area contributed by atoms with Crippen molar-refractivity contribution in [1.82, 2.24) is 19.6 Å². The molecule has 42 heavy (non-hydrogen) atoms. The van der Waals surface area contributed by atoms with Crippen molar-refractivity contribution in [2.75, 3.05) is 36.9 Å². The Morgan fingerprint density at radius 2 is 1.64 bits per heavy atom. The van der Waals surface area contributed by atoms with E-state index in [9.17, 15) is 8.42 Å². The molecule has 9 nitrogen and oxygen atoms in total. The van der Waals surface area contributed by atoms with E-state index in [0.29, 0.717) is 24.1 Å². The molecule has 0 amide bonds. The molecule has 0 bridgehead atoms. The van der Waals surface area contributed by atoms with Crippen LogP contribution in [0, 0.1) is 6.92 Å². The summed E-state index contributed by atoms with van der Waals surface area (Å²) in [6.07, 6.45) is 4.27. The SMILES string of the molecule is Cc1cnc(Nc2ccc(OCCN3CCCC3)cc2)nc1Nc1cccc(S(=O)(=O)NC(C)(C)c2ccccc2)c1. The Hall–Kier alpha value is -3.99. The summed E-state index contributed by atoms with van der Waals surface area (Å²) in [5.41, 5.74) is 2.33. The van der Waals surface area contributed by atoms with Gasteiger partial charge in [-0.15, -0.1) is 0 Å². The van der Waals surface area contributed by atoms with Gasteiger partial charge in [-0.2, -0.15) is 4.98 Å². The zero-order valence-corrected chi connectivity index (χ0v) is 25.1. The van der Waals surface area contributed by atoms with E-state index in [1.165, 1.54) is 12.8 Å². The molecule has 0 radical (unpaired) electrons. The van der Waals surface area contributed by atoms with E-state index in [-0.39, 0.29) is 4.90 Å². The minimum absolute atomic E-state index is 0.157. The molecule has 10 heteroatoms. The van der Waals surface area contributed by atoms with Crippen LogP contribution in [0.25, 0.3) is 0 Å². The monoisotopic (exact) mass is 586 g/mol. The Labute approximate surface area is 248 Å². The van der Waals surface area contributed by atoms with Gasteiger partial charge in [0.15, 0.2) is 0 Å². The second-order valence-corrected chi connectivity index (χ2v) is 12.7. The van der Waals surface area contributed by atoms with E-state index < -0.39 is 15.6 Å². The molecule has 3 aromatic carbocycles. The van der Waals surface area contributed by atoms with Gasteiger partial charge in [0.2, 0.25) is 16.0 Å². The first-order valence-electron chi connectivity index (χ1n) is 14.2. The zero-order chi connectivity index (χ0) is 29.6. The normalized spacial score (nSPS) is 14.1. The van der Waals surface area contributed by atoms with Crippen LogP contribution in [0.5, 0.6) is 5.75 Å². The van der Waals surface area contributed by atoms with Crippen molar-refractivity contribution in [3.05, 3.63) is 96.2 Å². The van der Waals surface area contributed by atoms with Crippen LogP contribution >= 0.6 is 0 Å². The molecule has 1 aliphatic rings. The molecule has 0 saturated carbocycles. The summed E-state index contributed by atoms with van der Waals surface area (Å²) in [7, 11) is -3.80. The highest BCUT2D eigenvalue weighted by molar-refractivity contribution is 7.89. The summed E-state index contributed by atoms with van der Waals surface area (Å²) in [6.45, 7) is 9.53. The molecule has 1 aromatic heterocycles. The second kappa shape index (κ2) is 12.9. The summed E-state index contributed by atoms with van der Waals surface area (Å²) >= 11 is 0. The van der Waals surface area contributed by atoms with Crippen molar-refractivity contribution >= 4 is 33.2 Å². The summed E-state index contributed by atoms with van der Waals surface area (Å²) in [5, 5.41) is 6.48. The molecule has 1 saturated heterocycles. The predicted octanol–water partition coefficient (Wildman–Crippen LogP) is 5.96. The Kier molecular flexibility index (Phi) is 9.06. The van der Waals surface area contributed by atoms with Crippen LogP contribution < -0.4 is 20.1 Å². The number of ether oxygens (including phenoxy) is 1. The highest BCUT2D eigenvalue weighted by atomic mass is 32.2. The van der Waals surface area contributed by atoms with E-state index in [4.69, 9.17) is 4.74 Å². The highest BCUT2D eigenvalue weighted by Gasteiger charge is 2.28. The number of benzene rings is 3. The van der Waals surface area contributed by atoms with Gasteiger partial charge >= 0.3 is 0 Å². The molecule has 1 aliphatic heterocycles. The molecular formula is C32H38N6O3S. The third-order valence-corrected chi connectivity index (χ3v) is 8.90. The lowest BCUT2D eigenvalue weighted by Gasteiger charge is -2.26. The molecule has 5 rings (SSSR count). The van der Waals surface area contributed by atoms with Crippen LogP contribution in [0.3, 0.4) is 0 Å².